The van der Waals surface area contributed by atoms with Crippen molar-refractivity contribution in [2.24, 2.45) is 0 Å². The number of amides is 2. The number of halogens is 1. The highest BCUT2D eigenvalue weighted by molar-refractivity contribution is 14.1. The van der Waals surface area contributed by atoms with Crippen LogP contribution in [0, 0.1) is 3.57 Å². The lowest BCUT2D eigenvalue weighted by molar-refractivity contribution is -0.148. The van der Waals surface area contributed by atoms with Gasteiger partial charge in [0.05, 0.1) is 16.4 Å². The zero-order valence-electron chi connectivity index (χ0n) is 15.1. The molecule has 0 radical (unpaired) electrons. The number of hydrogen-bond acceptors (Lipinski definition) is 5. The van der Waals surface area contributed by atoms with E-state index in [1.54, 1.807) is 49.4 Å². The van der Waals surface area contributed by atoms with E-state index in [0.29, 0.717) is 17.0 Å². The molecule has 1 atom stereocenters. The maximum Gasteiger partial charge on any atom is 0.346 e. The first-order chi connectivity index (χ1) is 13.4. The fourth-order valence-corrected chi connectivity index (χ4v) is 3.26. The Morgan fingerprint density at radius 2 is 1.89 bits per heavy atom. The minimum Gasteiger partial charge on any atom is -0.478 e. The molecule has 1 unspecified atom stereocenters. The number of carbonyl (C=O) groups excluding carboxylic acids is 3. The van der Waals surface area contributed by atoms with Crippen LogP contribution in [0.4, 0.5) is 5.69 Å². The summed E-state index contributed by atoms with van der Waals surface area (Å²) < 4.78 is 11.0. The summed E-state index contributed by atoms with van der Waals surface area (Å²) in [5, 5.41) is 1.22. The van der Waals surface area contributed by atoms with Gasteiger partial charge in [0, 0.05) is 0 Å². The number of hydrogen-bond donors (Lipinski definition) is 1. The number of ether oxygens (including phenoxy) is 2. The first-order valence-electron chi connectivity index (χ1n) is 8.37. The van der Waals surface area contributed by atoms with Gasteiger partial charge >= 0.3 is 5.97 Å². The minimum atomic E-state index is -0.746. The molecule has 8 heteroatoms. The second-order valence-electron chi connectivity index (χ2n) is 5.95. The van der Waals surface area contributed by atoms with Crippen molar-refractivity contribution in [1.29, 1.82) is 0 Å². The van der Waals surface area contributed by atoms with Crippen molar-refractivity contribution in [2.75, 3.05) is 12.1 Å². The van der Waals surface area contributed by atoms with Crippen LogP contribution in [-0.2, 0) is 19.1 Å². The lowest BCUT2D eigenvalue weighted by atomic mass is 10.1. The number of rotatable bonds is 5. The Kier molecular flexibility index (Phi) is 5.98. The van der Waals surface area contributed by atoms with Crippen molar-refractivity contribution in [3.63, 3.8) is 0 Å². The monoisotopic (exact) mass is 492 g/mol. The summed E-state index contributed by atoms with van der Waals surface area (Å²) in [6.45, 7) is 1.59. The van der Waals surface area contributed by atoms with Crippen LogP contribution in [0.1, 0.15) is 12.5 Å². The average Bonchev–Trinajstić information content (AvgIpc) is 2.98. The van der Waals surface area contributed by atoms with Crippen molar-refractivity contribution in [2.45, 2.75) is 13.0 Å². The molecule has 1 saturated heterocycles. The van der Waals surface area contributed by atoms with Gasteiger partial charge in [-0.3, -0.25) is 15.0 Å². The number of nitrogens with zero attached hydrogens (tertiary/aromatic N) is 1. The van der Waals surface area contributed by atoms with E-state index in [1.807, 2.05) is 6.07 Å². The summed E-state index contributed by atoms with van der Waals surface area (Å²) in [5.41, 5.74) is 3.84. The predicted octanol–water partition coefficient (Wildman–Crippen LogP) is 2.69. The highest BCUT2D eigenvalue weighted by Gasteiger charge is 2.34. The molecule has 1 N–H and O–H groups in total. The van der Waals surface area contributed by atoms with Crippen LogP contribution in [0.3, 0.4) is 0 Å². The van der Waals surface area contributed by atoms with Crippen molar-refractivity contribution < 1.29 is 23.9 Å². The van der Waals surface area contributed by atoms with Gasteiger partial charge in [-0.05, 0) is 65.4 Å². The SMILES string of the molecule is COC(=O)C(C)Oc1ccc(C=C2C(=O)NN(c3ccccc3)C2=O)cc1I. The average molecular weight is 492 g/mol. The summed E-state index contributed by atoms with van der Waals surface area (Å²) in [7, 11) is 1.30. The molecule has 3 rings (SSSR count). The smallest absolute Gasteiger partial charge is 0.346 e. The molecule has 2 aromatic carbocycles. The van der Waals surface area contributed by atoms with Crippen LogP contribution in [0.2, 0.25) is 0 Å². The lowest BCUT2D eigenvalue weighted by Crippen LogP contribution is -2.35. The molecule has 2 aromatic rings. The Balaban J connectivity index is 1.81. The number of hydrazine groups is 1. The molecular formula is C20H17IN2O5. The van der Waals surface area contributed by atoms with E-state index in [2.05, 4.69) is 32.8 Å². The van der Waals surface area contributed by atoms with E-state index in [0.717, 1.165) is 3.57 Å². The maximum atomic E-state index is 12.6. The zero-order chi connectivity index (χ0) is 20.3. The van der Waals surface area contributed by atoms with Gasteiger partial charge < -0.3 is 9.47 Å². The van der Waals surface area contributed by atoms with Crippen LogP contribution in [-0.4, -0.2) is 31.0 Å². The molecule has 1 fully saturated rings. The Hall–Kier alpha value is -2.88. The number of nitrogens with one attached hydrogen (secondary N) is 1. The number of esters is 1. The van der Waals surface area contributed by atoms with Gasteiger partial charge in [-0.2, -0.15) is 0 Å². The third-order valence-electron chi connectivity index (χ3n) is 4.01. The molecule has 1 aliphatic heterocycles. The predicted molar refractivity (Wildman–Crippen MR) is 111 cm³/mol. The van der Waals surface area contributed by atoms with Gasteiger partial charge in [0.2, 0.25) is 0 Å². The van der Waals surface area contributed by atoms with Crippen LogP contribution in [0.25, 0.3) is 6.08 Å². The highest BCUT2D eigenvalue weighted by atomic mass is 127. The second-order valence-corrected chi connectivity index (χ2v) is 7.11. The first-order valence-corrected chi connectivity index (χ1v) is 9.45. The Morgan fingerprint density at radius 1 is 1.18 bits per heavy atom. The summed E-state index contributed by atoms with van der Waals surface area (Å²) in [6, 6.07) is 14.0. The molecule has 7 nitrogen and oxygen atoms in total. The quantitative estimate of drug-likeness (QED) is 0.301. The fourth-order valence-electron chi connectivity index (χ4n) is 2.59. The largest absolute Gasteiger partial charge is 0.478 e. The van der Waals surface area contributed by atoms with E-state index < -0.39 is 23.9 Å². The summed E-state index contributed by atoms with van der Waals surface area (Å²) >= 11 is 2.06. The van der Waals surface area contributed by atoms with Gasteiger partial charge in [0.1, 0.15) is 11.3 Å². The molecule has 0 aliphatic carbocycles. The van der Waals surface area contributed by atoms with Crippen molar-refractivity contribution in [1.82, 2.24) is 5.43 Å². The third-order valence-corrected chi connectivity index (χ3v) is 4.85. The number of para-hydroxylation sites is 1. The second kappa shape index (κ2) is 8.42. The molecule has 0 aromatic heterocycles. The number of carbonyl (C=O) groups is 3. The van der Waals surface area contributed by atoms with E-state index in [9.17, 15) is 14.4 Å². The van der Waals surface area contributed by atoms with Crippen molar-refractivity contribution in [3.8, 4) is 5.75 Å². The van der Waals surface area contributed by atoms with Crippen molar-refractivity contribution in [3.05, 3.63) is 63.2 Å². The van der Waals surface area contributed by atoms with Gasteiger partial charge in [-0.1, -0.05) is 24.3 Å². The summed E-state index contributed by atoms with van der Waals surface area (Å²) in [5.74, 6) is -0.862. The standard InChI is InChI=1S/C20H17IN2O5/c1-12(20(26)27-2)28-17-9-8-13(11-16(17)21)10-15-18(24)22-23(19(15)25)14-6-4-3-5-7-14/h3-12H,1-2H3,(H,22,24). The third kappa shape index (κ3) is 4.16. The van der Waals surface area contributed by atoms with Crippen LogP contribution < -0.4 is 15.2 Å². The molecule has 0 spiro atoms. The van der Waals surface area contributed by atoms with Gasteiger partial charge in [0.15, 0.2) is 6.10 Å². The van der Waals surface area contributed by atoms with E-state index in [4.69, 9.17) is 4.74 Å². The van der Waals surface area contributed by atoms with Crippen LogP contribution in [0.15, 0.2) is 54.1 Å². The molecule has 0 saturated carbocycles. The zero-order valence-corrected chi connectivity index (χ0v) is 17.3. The molecule has 144 valence electrons. The molecule has 1 heterocycles. The van der Waals surface area contributed by atoms with Gasteiger partial charge in [-0.15, -0.1) is 0 Å². The fraction of sp³-hybridized carbons (Fsp3) is 0.150. The van der Waals surface area contributed by atoms with Gasteiger partial charge in [0.25, 0.3) is 11.8 Å². The molecule has 2 amide bonds. The minimum absolute atomic E-state index is 0.0382. The molecule has 1 aliphatic rings. The van der Waals surface area contributed by atoms with Crippen LogP contribution in [0.5, 0.6) is 5.75 Å². The summed E-state index contributed by atoms with van der Waals surface area (Å²) in [6.07, 6.45) is 0.778. The topological polar surface area (TPSA) is 84.9 Å². The maximum absolute atomic E-state index is 12.6. The van der Waals surface area contributed by atoms with Gasteiger partial charge in [-0.25, -0.2) is 9.80 Å². The Labute approximate surface area is 175 Å². The summed E-state index contributed by atoms with van der Waals surface area (Å²) in [4.78, 5) is 36.4. The van der Waals surface area contributed by atoms with Crippen molar-refractivity contribution >= 4 is 52.1 Å². The number of anilines is 1. The van der Waals surface area contributed by atoms with E-state index in [-0.39, 0.29) is 5.57 Å². The highest BCUT2D eigenvalue weighted by Crippen LogP contribution is 2.26. The Bertz CT molecular complexity index is 958. The van der Waals surface area contributed by atoms with E-state index >= 15 is 0 Å². The lowest BCUT2D eigenvalue weighted by Gasteiger charge is -2.14. The molecule has 28 heavy (non-hydrogen) atoms. The number of methoxy groups -OCH3 is 1. The Morgan fingerprint density at radius 3 is 2.54 bits per heavy atom. The number of benzene rings is 2. The van der Waals surface area contributed by atoms with Crippen LogP contribution >= 0.6 is 22.6 Å². The van der Waals surface area contributed by atoms with E-state index in [1.165, 1.54) is 18.2 Å². The first kappa shape index (κ1) is 19.9. The molecular weight excluding hydrogens is 475 g/mol. The normalized spacial score (nSPS) is 16.1. The molecule has 0 bridgehead atoms.